The highest BCUT2D eigenvalue weighted by Gasteiger charge is 2.40. The number of hydrogen-bond acceptors (Lipinski definition) is 6. The Kier molecular flexibility index (Phi) is 6.21. The standard InChI is InChI=1S/C25H26N2O7/c28-23(26-20-9-10-33-22(20)24(29)30)19-11-32-13-21(19)27-25(31)34-12-18-16-7-3-1-5-14(16)15-6-2-4-8-17(15)18/h1-8,18-22H,9-13H2,(H,26,28)(H,27,31)(H,29,30)/t19?,20-,21?,22+/m1/s1. The van der Waals surface area contributed by atoms with Crippen molar-refractivity contribution in [1.82, 2.24) is 10.6 Å². The Balaban J connectivity index is 1.19. The third-order valence-corrected chi connectivity index (χ3v) is 6.73. The number of carbonyl (C=O) groups is 3. The second kappa shape index (κ2) is 9.44. The number of nitrogens with one attached hydrogen (secondary N) is 2. The van der Waals surface area contributed by atoms with Crippen LogP contribution in [0.3, 0.4) is 0 Å². The van der Waals surface area contributed by atoms with Gasteiger partial charge in [0.1, 0.15) is 6.61 Å². The van der Waals surface area contributed by atoms with Gasteiger partial charge in [-0.2, -0.15) is 0 Å². The fraction of sp³-hybridized carbons (Fsp3) is 0.400. The Bertz CT molecular complexity index is 1060. The van der Waals surface area contributed by atoms with E-state index < -0.39 is 36.2 Å². The second-order valence-corrected chi connectivity index (χ2v) is 8.75. The molecule has 0 bridgehead atoms. The van der Waals surface area contributed by atoms with Crippen molar-refractivity contribution in [2.45, 2.75) is 30.5 Å². The first-order valence-corrected chi connectivity index (χ1v) is 11.4. The smallest absolute Gasteiger partial charge is 0.407 e. The molecule has 0 spiro atoms. The average Bonchev–Trinajstić information content (AvgIpc) is 3.55. The molecule has 0 radical (unpaired) electrons. The molecule has 1 aliphatic carbocycles. The maximum Gasteiger partial charge on any atom is 0.407 e. The molecule has 2 amide bonds. The van der Waals surface area contributed by atoms with Gasteiger partial charge in [0, 0.05) is 12.5 Å². The lowest BCUT2D eigenvalue weighted by molar-refractivity contribution is -0.148. The van der Waals surface area contributed by atoms with Crippen molar-refractivity contribution in [1.29, 1.82) is 0 Å². The summed E-state index contributed by atoms with van der Waals surface area (Å²) in [5.41, 5.74) is 4.52. The Morgan fingerprint density at radius 3 is 2.29 bits per heavy atom. The number of aliphatic carboxylic acids is 1. The SMILES string of the molecule is O=C(NC1COCC1C(=O)N[C@@H]1CCO[C@@H]1C(=O)O)OCC1c2ccccc2-c2ccccc21. The van der Waals surface area contributed by atoms with E-state index in [9.17, 15) is 19.5 Å². The highest BCUT2D eigenvalue weighted by Crippen LogP contribution is 2.44. The van der Waals surface area contributed by atoms with Crippen LogP contribution < -0.4 is 10.6 Å². The predicted octanol–water partition coefficient (Wildman–Crippen LogP) is 1.90. The number of hydrogen-bond donors (Lipinski definition) is 3. The zero-order chi connectivity index (χ0) is 23.7. The van der Waals surface area contributed by atoms with Gasteiger partial charge in [0.25, 0.3) is 0 Å². The normalized spacial score (nSPS) is 25.4. The molecular formula is C25H26N2O7. The van der Waals surface area contributed by atoms with E-state index >= 15 is 0 Å². The van der Waals surface area contributed by atoms with Crippen LogP contribution >= 0.6 is 0 Å². The van der Waals surface area contributed by atoms with Crippen LogP contribution in [0.1, 0.15) is 23.5 Å². The second-order valence-electron chi connectivity index (χ2n) is 8.75. The largest absolute Gasteiger partial charge is 0.479 e. The van der Waals surface area contributed by atoms with Crippen LogP contribution in [0.15, 0.2) is 48.5 Å². The number of carboxylic acid groups (broad SMARTS) is 1. The molecule has 2 aromatic carbocycles. The van der Waals surface area contributed by atoms with E-state index in [1.54, 1.807) is 0 Å². The lowest BCUT2D eigenvalue weighted by Gasteiger charge is -2.22. The van der Waals surface area contributed by atoms with Gasteiger partial charge in [-0.1, -0.05) is 48.5 Å². The van der Waals surface area contributed by atoms with Crippen molar-refractivity contribution in [2.75, 3.05) is 26.4 Å². The molecule has 9 heteroatoms. The molecule has 2 aliphatic heterocycles. The van der Waals surface area contributed by atoms with Crippen LogP contribution in [0.2, 0.25) is 0 Å². The van der Waals surface area contributed by atoms with Gasteiger partial charge in [0.2, 0.25) is 5.91 Å². The maximum absolute atomic E-state index is 12.8. The van der Waals surface area contributed by atoms with Crippen LogP contribution in [0.25, 0.3) is 11.1 Å². The quantitative estimate of drug-likeness (QED) is 0.594. The van der Waals surface area contributed by atoms with E-state index in [-0.39, 0.29) is 38.3 Å². The monoisotopic (exact) mass is 466 g/mol. The zero-order valence-electron chi connectivity index (χ0n) is 18.4. The highest BCUT2D eigenvalue weighted by atomic mass is 16.6. The number of ether oxygens (including phenoxy) is 3. The van der Waals surface area contributed by atoms with Crippen LogP contribution in [0.4, 0.5) is 4.79 Å². The maximum atomic E-state index is 12.8. The molecule has 0 aromatic heterocycles. The summed E-state index contributed by atoms with van der Waals surface area (Å²) in [4.78, 5) is 36.7. The first kappa shape index (κ1) is 22.4. The number of carbonyl (C=O) groups excluding carboxylic acids is 2. The molecule has 3 N–H and O–H groups in total. The molecule has 2 unspecified atom stereocenters. The molecule has 2 heterocycles. The Labute approximate surface area is 196 Å². The molecule has 4 atom stereocenters. The fourth-order valence-electron chi connectivity index (χ4n) is 5.02. The van der Waals surface area contributed by atoms with Gasteiger partial charge in [-0.05, 0) is 28.7 Å². The van der Waals surface area contributed by atoms with Crippen molar-refractivity contribution in [3.05, 3.63) is 59.7 Å². The number of carboxylic acids is 1. The molecular weight excluding hydrogens is 440 g/mol. The lowest BCUT2D eigenvalue weighted by atomic mass is 9.98. The van der Waals surface area contributed by atoms with Gasteiger partial charge in [-0.25, -0.2) is 9.59 Å². The third kappa shape index (κ3) is 4.24. The fourth-order valence-corrected chi connectivity index (χ4v) is 5.02. The van der Waals surface area contributed by atoms with Crippen molar-refractivity contribution in [3.63, 3.8) is 0 Å². The van der Waals surface area contributed by atoms with Crippen LogP contribution in [0, 0.1) is 5.92 Å². The van der Waals surface area contributed by atoms with E-state index in [0.717, 1.165) is 22.3 Å². The molecule has 0 saturated carbocycles. The summed E-state index contributed by atoms with van der Waals surface area (Å²) in [5, 5.41) is 14.7. The van der Waals surface area contributed by atoms with Crippen LogP contribution in [-0.4, -0.2) is 67.7 Å². The number of fused-ring (bicyclic) bond motifs is 3. The molecule has 178 valence electrons. The van der Waals surface area contributed by atoms with Gasteiger partial charge in [0.15, 0.2) is 6.10 Å². The molecule has 3 aliphatic rings. The molecule has 2 fully saturated rings. The summed E-state index contributed by atoms with van der Waals surface area (Å²) < 4.78 is 16.2. The lowest BCUT2D eigenvalue weighted by Crippen LogP contribution is -2.51. The first-order valence-electron chi connectivity index (χ1n) is 11.4. The first-order chi connectivity index (χ1) is 16.5. The van der Waals surface area contributed by atoms with Gasteiger partial charge >= 0.3 is 12.1 Å². The number of rotatable bonds is 6. The van der Waals surface area contributed by atoms with E-state index in [0.29, 0.717) is 6.42 Å². The van der Waals surface area contributed by atoms with Gasteiger partial charge in [-0.15, -0.1) is 0 Å². The van der Waals surface area contributed by atoms with E-state index in [4.69, 9.17) is 14.2 Å². The summed E-state index contributed by atoms with van der Waals surface area (Å²) in [6.07, 6.45) is -1.27. The van der Waals surface area contributed by atoms with Gasteiger partial charge < -0.3 is 30.0 Å². The average molecular weight is 466 g/mol. The zero-order valence-corrected chi connectivity index (χ0v) is 18.4. The van der Waals surface area contributed by atoms with Crippen molar-refractivity contribution < 1.29 is 33.7 Å². The van der Waals surface area contributed by atoms with Crippen LogP contribution in [-0.2, 0) is 23.8 Å². The Hall–Kier alpha value is -3.43. The van der Waals surface area contributed by atoms with E-state index in [2.05, 4.69) is 22.8 Å². The highest BCUT2D eigenvalue weighted by molar-refractivity contribution is 5.83. The number of benzene rings is 2. The summed E-state index contributed by atoms with van der Waals surface area (Å²) in [6.45, 7) is 0.742. The number of alkyl carbamates (subject to hydrolysis) is 1. The van der Waals surface area contributed by atoms with Gasteiger partial charge in [-0.3, -0.25) is 4.79 Å². The van der Waals surface area contributed by atoms with E-state index in [1.165, 1.54) is 0 Å². The summed E-state index contributed by atoms with van der Waals surface area (Å²) in [5.74, 6) is -2.19. The topological polar surface area (TPSA) is 123 Å². The minimum Gasteiger partial charge on any atom is -0.479 e. The predicted molar refractivity (Wildman–Crippen MR) is 120 cm³/mol. The number of amides is 2. The molecule has 34 heavy (non-hydrogen) atoms. The van der Waals surface area contributed by atoms with Crippen molar-refractivity contribution in [2.24, 2.45) is 5.92 Å². The van der Waals surface area contributed by atoms with Gasteiger partial charge in [0.05, 0.1) is 31.2 Å². The van der Waals surface area contributed by atoms with E-state index in [1.807, 2.05) is 36.4 Å². The van der Waals surface area contributed by atoms with Crippen molar-refractivity contribution in [3.8, 4) is 11.1 Å². The molecule has 2 saturated heterocycles. The van der Waals surface area contributed by atoms with Crippen molar-refractivity contribution >= 4 is 18.0 Å². The summed E-state index contributed by atoms with van der Waals surface area (Å²) >= 11 is 0. The molecule has 5 rings (SSSR count). The van der Waals surface area contributed by atoms with Crippen LogP contribution in [0.5, 0.6) is 0 Å². The summed E-state index contributed by atoms with van der Waals surface area (Å²) in [7, 11) is 0. The molecule has 9 nitrogen and oxygen atoms in total. The Morgan fingerprint density at radius 1 is 0.941 bits per heavy atom. The third-order valence-electron chi connectivity index (χ3n) is 6.73. The minimum atomic E-state index is -1.11. The minimum absolute atomic E-state index is 0.0626. The summed E-state index contributed by atoms with van der Waals surface area (Å²) in [6, 6.07) is 15.0. The molecule has 2 aromatic rings. The Morgan fingerprint density at radius 2 is 1.62 bits per heavy atom.